The van der Waals surface area contributed by atoms with Gasteiger partial charge in [-0.1, -0.05) is 33.6 Å². The van der Waals surface area contributed by atoms with Gasteiger partial charge in [-0.2, -0.15) is 0 Å². The van der Waals surface area contributed by atoms with Crippen LogP contribution in [-0.2, 0) is 6.42 Å². The lowest BCUT2D eigenvalue weighted by Crippen LogP contribution is -2.08. The third-order valence-electron chi connectivity index (χ3n) is 2.71. The van der Waals surface area contributed by atoms with Crippen molar-refractivity contribution < 1.29 is 9.18 Å². The maximum atomic E-state index is 13.6. The average molecular weight is 343 g/mol. The van der Waals surface area contributed by atoms with Gasteiger partial charge >= 0.3 is 0 Å². The zero-order valence-electron chi connectivity index (χ0n) is 9.79. The number of anilines is 1. The van der Waals surface area contributed by atoms with Gasteiger partial charge < -0.3 is 5.73 Å². The molecule has 0 heterocycles. The van der Waals surface area contributed by atoms with E-state index in [4.69, 9.17) is 17.3 Å². The zero-order chi connectivity index (χ0) is 14.0. The first-order chi connectivity index (χ1) is 8.99. The number of hydrogen-bond acceptors (Lipinski definition) is 2. The van der Waals surface area contributed by atoms with Crippen LogP contribution in [0.5, 0.6) is 0 Å². The van der Waals surface area contributed by atoms with Gasteiger partial charge in [-0.05, 0) is 30.3 Å². The van der Waals surface area contributed by atoms with Gasteiger partial charge in [0.05, 0.1) is 0 Å². The Bertz CT molecular complexity index is 625. The monoisotopic (exact) mass is 341 g/mol. The van der Waals surface area contributed by atoms with Crippen molar-refractivity contribution in [2.45, 2.75) is 6.42 Å². The van der Waals surface area contributed by atoms with Crippen LogP contribution < -0.4 is 5.73 Å². The Labute approximate surface area is 123 Å². The van der Waals surface area contributed by atoms with Gasteiger partial charge in [-0.3, -0.25) is 4.79 Å². The molecule has 0 radical (unpaired) electrons. The van der Waals surface area contributed by atoms with Crippen molar-refractivity contribution in [2.24, 2.45) is 0 Å². The Hall–Kier alpha value is -1.39. The summed E-state index contributed by atoms with van der Waals surface area (Å²) < 4.78 is 14.4. The van der Waals surface area contributed by atoms with Crippen molar-refractivity contribution in [2.75, 3.05) is 5.73 Å². The lowest BCUT2D eigenvalue weighted by atomic mass is 10.0. The summed E-state index contributed by atoms with van der Waals surface area (Å²) in [6, 6.07) is 9.29. The minimum absolute atomic E-state index is 0.114. The second kappa shape index (κ2) is 5.72. The quantitative estimate of drug-likeness (QED) is 0.669. The molecule has 2 nitrogen and oxygen atoms in total. The van der Waals surface area contributed by atoms with Crippen LogP contribution in [0, 0.1) is 5.82 Å². The Kier molecular flexibility index (Phi) is 4.22. The number of benzene rings is 2. The molecule has 19 heavy (non-hydrogen) atoms. The molecule has 0 aliphatic heterocycles. The number of halogens is 3. The van der Waals surface area contributed by atoms with Crippen LogP contribution in [0.1, 0.15) is 15.9 Å². The molecule has 2 rings (SSSR count). The first kappa shape index (κ1) is 14.0. The molecule has 0 atom stereocenters. The number of rotatable bonds is 3. The molecular weight excluding hydrogens is 333 g/mol. The van der Waals surface area contributed by atoms with Crippen LogP contribution in [0.15, 0.2) is 40.9 Å². The fourth-order valence-corrected chi connectivity index (χ4v) is 2.35. The number of nitrogens with two attached hydrogens (primary N) is 1. The summed E-state index contributed by atoms with van der Waals surface area (Å²) in [6.07, 6.45) is -0.114. The summed E-state index contributed by atoms with van der Waals surface area (Å²) in [5.41, 5.74) is 6.68. The number of Topliss-reactive ketones (excluding diaryl/α,β-unsaturated/α-hetero) is 1. The Morgan fingerprint density at radius 1 is 1.32 bits per heavy atom. The zero-order valence-corrected chi connectivity index (χ0v) is 12.1. The van der Waals surface area contributed by atoms with Crippen LogP contribution in [0.3, 0.4) is 0 Å². The van der Waals surface area contributed by atoms with Gasteiger partial charge in [0.15, 0.2) is 5.78 Å². The summed E-state index contributed by atoms with van der Waals surface area (Å²) >= 11 is 9.16. The van der Waals surface area contributed by atoms with Crippen molar-refractivity contribution in [3.05, 3.63) is 62.8 Å². The van der Waals surface area contributed by atoms with Crippen molar-refractivity contribution in [1.29, 1.82) is 0 Å². The molecule has 0 aromatic heterocycles. The van der Waals surface area contributed by atoms with Crippen LogP contribution >= 0.6 is 27.5 Å². The summed E-state index contributed by atoms with van der Waals surface area (Å²) in [7, 11) is 0. The van der Waals surface area contributed by atoms with Crippen LogP contribution in [0.25, 0.3) is 0 Å². The molecule has 0 saturated heterocycles. The molecule has 0 spiro atoms. The van der Waals surface area contributed by atoms with E-state index in [1.165, 1.54) is 12.1 Å². The number of carbonyl (C=O) groups excluding carboxylic acids is 1. The Morgan fingerprint density at radius 3 is 2.68 bits per heavy atom. The largest absolute Gasteiger partial charge is 0.398 e. The molecule has 2 aromatic rings. The molecule has 0 fully saturated rings. The highest BCUT2D eigenvalue weighted by molar-refractivity contribution is 9.10. The fraction of sp³-hybridized carbons (Fsp3) is 0.0714. The summed E-state index contributed by atoms with van der Waals surface area (Å²) in [4.78, 5) is 12.1. The van der Waals surface area contributed by atoms with Crippen molar-refractivity contribution in [1.82, 2.24) is 0 Å². The average Bonchev–Trinajstić information content (AvgIpc) is 2.33. The predicted molar refractivity (Wildman–Crippen MR) is 78.0 cm³/mol. The highest BCUT2D eigenvalue weighted by atomic mass is 79.9. The smallest absolute Gasteiger partial charge is 0.169 e. The SMILES string of the molecule is Nc1cc(Br)ccc1C(=O)Cc1c(F)cccc1Cl. The van der Waals surface area contributed by atoms with E-state index in [1.807, 2.05) is 0 Å². The molecule has 2 aromatic carbocycles. The van der Waals surface area contributed by atoms with Gasteiger partial charge in [0.1, 0.15) is 5.82 Å². The minimum atomic E-state index is -0.489. The maximum absolute atomic E-state index is 13.6. The van der Waals surface area contributed by atoms with E-state index < -0.39 is 5.82 Å². The summed E-state index contributed by atoms with van der Waals surface area (Å²) in [5, 5.41) is 0.240. The molecule has 0 bridgehead atoms. The van der Waals surface area contributed by atoms with E-state index >= 15 is 0 Å². The molecule has 0 unspecified atom stereocenters. The topological polar surface area (TPSA) is 43.1 Å². The van der Waals surface area contributed by atoms with Gasteiger partial charge in [-0.15, -0.1) is 0 Å². The first-order valence-electron chi connectivity index (χ1n) is 5.50. The first-order valence-corrected chi connectivity index (χ1v) is 6.67. The van der Waals surface area contributed by atoms with Crippen LogP contribution in [0.2, 0.25) is 5.02 Å². The summed E-state index contributed by atoms with van der Waals surface area (Å²) in [6.45, 7) is 0. The number of nitrogen functional groups attached to an aromatic ring is 1. The lowest BCUT2D eigenvalue weighted by molar-refractivity contribution is 0.0992. The van der Waals surface area contributed by atoms with E-state index in [0.717, 1.165) is 4.47 Å². The van der Waals surface area contributed by atoms with Crippen molar-refractivity contribution >= 4 is 39.0 Å². The third-order valence-corrected chi connectivity index (χ3v) is 3.56. The molecule has 0 aliphatic rings. The van der Waals surface area contributed by atoms with E-state index in [-0.39, 0.29) is 22.8 Å². The number of ketones is 1. The highest BCUT2D eigenvalue weighted by Crippen LogP contribution is 2.24. The number of carbonyl (C=O) groups is 1. The Balaban J connectivity index is 2.31. The van der Waals surface area contributed by atoms with Gasteiger partial charge in [0, 0.05) is 32.7 Å². The molecular formula is C14H10BrClFNO. The van der Waals surface area contributed by atoms with E-state index in [9.17, 15) is 9.18 Å². The molecule has 5 heteroatoms. The predicted octanol–water partition coefficient (Wildman–Crippen LogP) is 4.25. The minimum Gasteiger partial charge on any atom is -0.398 e. The summed E-state index contributed by atoms with van der Waals surface area (Å²) in [5.74, 6) is -0.756. The molecule has 2 N–H and O–H groups in total. The number of hydrogen-bond donors (Lipinski definition) is 1. The van der Waals surface area contributed by atoms with Crippen LogP contribution in [-0.4, -0.2) is 5.78 Å². The van der Waals surface area contributed by atoms with Crippen molar-refractivity contribution in [3.63, 3.8) is 0 Å². The standard InChI is InChI=1S/C14H10BrClFNO/c15-8-4-5-9(13(18)6-8)14(19)7-10-11(16)2-1-3-12(10)17/h1-6H,7,18H2. The molecule has 0 amide bonds. The van der Waals surface area contributed by atoms with E-state index in [1.54, 1.807) is 24.3 Å². The highest BCUT2D eigenvalue weighted by Gasteiger charge is 2.15. The third kappa shape index (κ3) is 3.14. The Morgan fingerprint density at radius 2 is 2.05 bits per heavy atom. The van der Waals surface area contributed by atoms with Crippen LogP contribution in [0.4, 0.5) is 10.1 Å². The normalized spacial score (nSPS) is 10.5. The fourth-order valence-electron chi connectivity index (χ4n) is 1.74. The molecule has 0 saturated carbocycles. The van der Waals surface area contributed by atoms with Crippen molar-refractivity contribution in [3.8, 4) is 0 Å². The van der Waals surface area contributed by atoms with Gasteiger partial charge in [0.2, 0.25) is 0 Å². The lowest BCUT2D eigenvalue weighted by Gasteiger charge is -2.07. The second-order valence-corrected chi connectivity index (χ2v) is 5.35. The van der Waals surface area contributed by atoms with Gasteiger partial charge in [0.25, 0.3) is 0 Å². The molecule has 98 valence electrons. The second-order valence-electron chi connectivity index (χ2n) is 4.03. The van der Waals surface area contributed by atoms with E-state index in [0.29, 0.717) is 11.3 Å². The van der Waals surface area contributed by atoms with Gasteiger partial charge in [-0.25, -0.2) is 4.39 Å². The maximum Gasteiger partial charge on any atom is 0.169 e. The van der Waals surface area contributed by atoms with E-state index in [2.05, 4.69) is 15.9 Å². The molecule has 0 aliphatic carbocycles.